The second-order valence-electron chi connectivity index (χ2n) is 4.29. The predicted molar refractivity (Wildman–Crippen MR) is 73.7 cm³/mol. The standard InChI is InChI=1S/C14H12N4O2/c1-20-11-4-2-10(3-5-11)7-18-9-17-14(19)12-6-15-8-16-13(12)18/h2-6,8-9H,7H2,1H3. The molecule has 1 aromatic carbocycles. The molecule has 0 spiro atoms. The van der Waals surface area contributed by atoms with Gasteiger partial charge in [-0.05, 0) is 17.7 Å². The van der Waals surface area contributed by atoms with Gasteiger partial charge in [-0.2, -0.15) is 4.98 Å². The van der Waals surface area contributed by atoms with Gasteiger partial charge in [0.15, 0.2) is 0 Å². The first kappa shape index (κ1) is 12.3. The maximum Gasteiger partial charge on any atom is 0.283 e. The van der Waals surface area contributed by atoms with Crippen molar-refractivity contribution in [2.45, 2.75) is 6.54 Å². The molecule has 0 aliphatic rings. The van der Waals surface area contributed by atoms with Gasteiger partial charge < -0.3 is 9.30 Å². The van der Waals surface area contributed by atoms with E-state index in [1.165, 1.54) is 18.9 Å². The highest BCUT2D eigenvalue weighted by atomic mass is 16.5. The van der Waals surface area contributed by atoms with E-state index in [-0.39, 0.29) is 5.56 Å². The van der Waals surface area contributed by atoms with Crippen molar-refractivity contribution in [3.05, 3.63) is 59.0 Å². The molecule has 100 valence electrons. The molecule has 2 heterocycles. The summed E-state index contributed by atoms with van der Waals surface area (Å²) in [5.41, 5.74) is 1.33. The van der Waals surface area contributed by atoms with Gasteiger partial charge in [-0.1, -0.05) is 12.1 Å². The van der Waals surface area contributed by atoms with Crippen LogP contribution in [0.4, 0.5) is 0 Å². The Balaban J connectivity index is 2.02. The second kappa shape index (κ2) is 5.08. The van der Waals surface area contributed by atoms with Crippen LogP contribution in [0.2, 0.25) is 0 Å². The fraction of sp³-hybridized carbons (Fsp3) is 0.143. The van der Waals surface area contributed by atoms with Crippen LogP contribution in [0.1, 0.15) is 5.56 Å². The number of aromatic nitrogens is 4. The molecule has 0 fully saturated rings. The Kier molecular flexibility index (Phi) is 3.12. The van der Waals surface area contributed by atoms with E-state index in [9.17, 15) is 4.79 Å². The van der Waals surface area contributed by atoms with Crippen LogP contribution < -0.4 is 10.3 Å². The van der Waals surface area contributed by atoms with Gasteiger partial charge in [0.05, 0.1) is 13.7 Å². The first-order chi connectivity index (χ1) is 9.78. The highest BCUT2D eigenvalue weighted by molar-refractivity contribution is 5.72. The number of fused-ring (bicyclic) bond motifs is 1. The molecule has 0 amide bonds. The summed E-state index contributed by atoms with van der Waals surface area (Å²) in [5, 5.41) is 0.420. The van der Waals surface area contributed by atoms with E-state index < -0.39 is 0 Å². The van der Waals surface area contributed by atoms with E-state index in [1.54, 1.807) is 7.11 Å². The van der Waals surface area contributed by atoms with E-state index in [1.807, 2.05) is 28.8 Å². The number of hydrogen-bond donors (Lipinski definition) is 0. The minimum Gasteiger partial charge on any atom is -0.497 e. The van der Waals surface area contributed by atoms with Gasteiger partial charge in [0.2, 0.25) is 0 Å². The summed E-state index contributed by atoms with van der Waals surface area (Å²) < 4.78 is 6.94. The number of nitrogens with zero attached hydrogens (tertiary/aromatic N) is 4. The molecule has 0 saturated heterocycles. The van der Waals surface area contributed by atoms with Gasteiger partial charge in [-0.25, -0.2) is 9.97 Å². The van der Waals surface area contributed by atoms with Crippen molar-refractivity contribution in [1.29, 1.82) is 0 Å². The molecule has 0 aliphatic carbocycles. The largest absolute Gasteiger partial charge is 0.497 e. The first-order valence-electron chi connectivity index (χ1n) is 6.06. The molecule has 3 rings (SSSR count). The van der Waals surface area contributed by atoms with Crippen LogP contribution in [0, 0.1) is 0 Å². The van der Waals surface area contributed by atoms with Gasteiger partial charge in [0.25, 0.3) is 5.56 Å². The van der Waals surface area contributed by atoms with Crippen molar-refractivity contribution in [2.75, 3.05) is 7.11 Å². The van der Waals surface area contributed by atoms with Crippen LogP contribution in [-0.2, 0) is 6.54 Å². The number of hydrogen-bond acceptors (Lipinski definition) is 5. The Morgan fingerprint density at radius 1 is 1.20 bits per heavy atom. The molecule has 0 atom stereocenters. The third-order valence-corrected chi connectivity index (χ3v) is 3.02. The third kappa shape index (κ3) is 2.23. The molecular formula is C14H12N4O2. The maximum absolute atomic E-state index is 11.6. The van der Waals surface area contributed by atoms with Crippen molar-refractivity contribution in [3.63, 3.8) is 0 Å². The van der Waals surface area contributed by atoms with Crippen molar-refractivity contribution < 1.29 is 4.74 Å². The molecule has 6 nitrogen and oxygen atoms in total. The molecule has 0 radical (unpaired) electrons. The molecule has 3 aromatic rings. The summed E-state index contributed by atoms with van der Waals surface area (Å²) in [5.74, 6) is 0.805. The molecule has 6 heteroatoms. The van der Waals surface area contributed by atoms with E-state index in [0.717, 1.165) is 11.3 Å². The molecule has 2 aromatic heterocycles. The monoisotopic (exact) mass is 268 g/mol. The van der Waals surface area contributed by atoms with E-state index in [0.29, 0.717) is 17.6 Å². The molecular weight excluding hydrogens is 256 g/mol. The summed E-state index contributed by atoms with van der Waals surface area (Å²) in [6.45, 7) is 0.574. The van der Waals surface area contributed by atoms with E-state index in [4.69, 9.17) is 4.74 Å². The zero-order valence-electron chi connectivity index (χ0n) is 10.9. The molecule has 0 aliphatic heterocycles. The fourth-order valence-corrected chi connectivity index (χ4v) is 1.99. The molecule has 0 bridgehead atoms. The maximum atomic E-state index is 11.6. The fourth-order valence-electron chi connectivity index (χ4n) is 1.99. The van der Waals surface area contributed by atoms with Crippen LogP contribution >= 0.6 is 0 Å². The Labute approximate surface area is 114 Å². The Morgan fingerprint density at radius 3 is 2.75 bits per heavy atom. The lowest BCUT2D eigenvalue weighted by atomic mass is 10.2. The van der Waals surface area contributed by atoms with Crippen molar-refractivity contribution in [1.82, 2.24) is 19.5 Å². The average molecular weight is 268 g/mol. The SMILES string of the molecule is COc1ccc(Cn2cnc(=O)c3cncnc32)cc1. The van der Waals surface area contributed by atoms with Gasteiger partial charge >= 0.3 is 0 Å². The van der Waals surface area contributed by atoms with Crippen molar-refractivity contribution in [2.24, 2.45) is 0 Å². The summed E-state index contributed by atoms with van der Waals surface area (Å²) in [6.07, 6.45) is 4.41. The molecule has 20 heavy (non-hydrogen) atoms. The number of benzene rings is 1. The summed E-state index contributed by atoms with van der Waals surface area (Å²) in [4.78, 5) is 23.5. The highest BCUT2D eigenvalue weighted by Crippen LogP contribution is 2.13. The van der Waals surface area contributed by atoms with Gasteiger partial charge in [-0.15, -0.1) is 0 Å². The smallest absolute Gasteiger partial charge is 0.283 e. The summed E-state index contributed by atoms with van der Waals surface area (Å²) in [6, 6.07) is 7.71. The first-order valence-corrected chi connectivity index (χ1v) is 6.06. The van der Waals surface area contributed by atoms with Gasteiger partial charge in [0.1, 0.15) is 29.4 Å². The van der Waals surface area contributed by atoms with Crippen molar-refractivity contribution in [3.8, 4) is 5.75 Å². The minimum atomic E-state index is -0.313. The lowest BCUT2D eigenvalue weighted by Crippen LogP contribution is -2.14. The predicted octanol–water partition coefficient (Wildman–Crippen LogP) is 1.24. The van der Waals surface area contributed by atoms with Crippen LogP contribution in [-0.4, -0.2) is 26.6 Å². The average Bonchev–Trinajstić information content (AvgIpc) is 2.51. The molecule has 0 unspecified atom stereocenters. The van der Waals surface area contributed by atoms with Crippen LogP contribution in [0.3, 0.4) is 0 Å². The van der Waals surface area contributed by atoms with Crippen LogP contribution in [0.5, 0.6) is 5.75 Å². The van der Waals surface area contributed by atoms with E-state index in [2.05, 4.69) is 15.0 Å². The lowest BCUT2D eigenvalue weighted by Gasteiger charge is -2.09. The zero-order valence-corrected chi connectivity index (χ0v) is 10.9. The van der Waals surface area contributed by atoms with E-state index >= 15 is 0 Å². The highest BCUT2D eigenvalue weighted by Gasteiger charge is 2.05. The third-order valence-electron chi connectivity index (χ3n) is 3.02. The summed E-state index contributed by atoms with van der Waals surface area (Å²) in [7, 11) is 1.63. The Hall–Kier alpha value is -2.76. The number of methoxy groups -OCH3 is 1. The number of rotatable bonds is 3. The zero-order chi connectivity index (χ0) is 13.9. The van der Waals surface area contributed by atoms with Gasteiger partial charge in [0, 0.05) is 6.20 Å². The minimum absolute atomic E-state index is 0.313. The molecule has 0 saturated carbocycles. The van der Waals surface area contributed by atoms with Crippen LogP contribution in [0.25, 0.3) is 11.0 Å². The molecule has 0 N–H and O–H groups in total. The second-order valence-corrected chi connectivity index (χ2v) is 4.29. The normalized spacial score (nSPS) is 10.7. The number of ether oxygens (including phenoxy) is 1. The topological polar surface area (TPSA) is 69.9 Å². The summed E-state index contributed by atoms with van der Waals surface area (Å²) >= 11 is 0. The lowest BCUT2D eigenvalue weighted by molar-refractivity contribution is 0.414. The Morgan fingerprint density at radius 2 is 2.00 bits per heavy atom. The van der Waals surface area contributed by atoms with Gasteiger partial charge in [-0.3, -0.25) is 4.79 Å². The van der Waals surface area contributed by atoms with Crippen LogP contribution in [0.15, 0.2) is 47.9 Å². The van der Waals surface area contributed by atoms with Crippen molar-refractivity contribution >= 4 is 11.0 Å². The Bertz CT molecular complexity index is 796. The quantitative estimate of drug-likeness (QED) is 0.715.